The van der Waals surface area contributed by atoms with Crippen LogP contribution in [-0.2, 0) is 16.8 Å². The van der Waals surface area contributed by atoms with Gasteiger partial charge in [0.1, 0.15) is 5.60 Å². The van der Waals surface area contributed by atoms with Crippen molar-refractivity contribution in [2.75, 3.05) is 13.1 Å². The van der Waals surface area contributed by atoms with Gasteiger partial charge in [0.25, 0.3) is 0 Å². The Bertz CT molecular complexity index is 809. The molecule has 1 spiro atoms. The van der Waals surface area contributed by atoms with Gasteiger partial charge in [-0.2, -0.15) is 0 Å². The van der Waals surface area contributed by atoms with E-state index in [1.165, 1.54) is 25.7 Å². The number of carbonyl (C=O) groups excluding carboxylic acids is 1. The molecule has 2 heterocycles. The van der Waals surface area contributed by atoms with Crippen molar-refractivity contribution < 1.29 is 9.90 Å². The molecule has 1 aromatic heterocycles. The number of likely N-dealkylation sites (tertiary alicyclic amines) is 1. The summed E-state index contributed by atoms with van der Waals surface area (Å²) in [6, 6.07) is 1.91. The molecule has 1 saturated heterocycles. The Morgan fingerprint density at radius 2 is 1.96 bits per heavy atom. The van der Waals surface area contributed by atoms with Gasteiger partial charge in [0.2, 0.25) is 0 Å². The minimum absolute atomic E-state index is 0.00508. The van der Waals surface area contributed by atoms with Crippen LogP contribution in [0.2, 0.25) is 0 Å². The Morgan fingerprint density at radius 3 is 2.52 bits per heavy atom. The van der Waals surface area contributed by atoms with Crippen LogP contribution in [0, 0.1) is 17.8 Å². The molecule has 0 bridgehead atoms. The van der Waals surface area contributed by atoms with Gasteiger partial charge in [0, 0.05) is 31.3 Å². The lowest BCUT2D eigenvalue weighted by Crippen LogP contribution is -2.36. The molecule has 3 aliphatic rings. The fourth-order valence-electron chi connectivity index (χ4n) is 4.07. The van der Waals surface area contributed by atoms with Crippen LogP contribution in [0.15, 0.2) is 17.8 Å². The number of carbonyl (C=O) groups is 1. The SMILES string of the molecule is C#CC1=C(N2CCC3(CC2)CC3)c2cc(C(C)(C)O)ncc2CC1=O. The molecule has 1 aliphatic heterocycles. The molecular formula is C21H24N2O2. The largest absolute Gasteiger partial charge is 0.384 e. The quantitative estimate of drug-likeness (QED) is 0.844. The predicted octanol–water partition coefficient (Wildman–Crippen LogP) is 2.65. The summed E-state index contributed by atoms with van der Waals surface area (Å²) in [5.74, 6) is 2.64. The summed E-state index contributed by atoms with van der Waals surface area (Å²) in [7, 11) is 0. The number of terminal acetylenes is 1. The summed E-state index contributed by atoms with van der Waals surface area (Å²) >= 11 is 0. The minimum Gasteiger partial charge on any atom is -0.384 e. The maximum Gasteiger partial charge on any atom is 0.177 e. The molecule has 1 saturated carbocycles. The molecule has 1 N–H and O–H groups in total. The Balaban J connectivity index is 1.79. The number of aliphatic hydroxyl groups is 1. The molecular weight excluding hydrogens is 312 g/mol. The zero-order chi connectivity index (χ0) is 17.8. The van der Waals surface area contributed by atoms with Crippen LogP contribution in [0.1, 0.15) is 56.4 Å². The van der Waals surface area contributed by atoms with Gasteiger partial charge in [-0.3, -0.25) is 9.78 Å². The fourth-order valence-corrected chi connectivity index (χ4v) is 4.07. The number of aromatic nitrogens is 1. The van der Waals surface area contributed by atoms with Crippen LogP contribution in [0.25, 0.3) is 5.70 Å². The molecule has 2 aliphatic carbocycles. The lowest BCUT2D eigenvalue weighted by molar-refractivity contribution is -0.114. The van der Waals surface area contributed by atoms with Crippen molar-refractivity contribution in [1.29, 1.82) is 0 Å². The lowest BCUT2D eigenvalue weighted by Gasteiger charge is -2.38. The van der Waals surface area contributed by atoms with E-state index in [9.17, 15) is 9.90 Å². The molecule has 25 heavy (non-hydrogen) atoms. The van der Waals surface area contributed by atoms with Crippen molar-refractivity contribution >= 4 is 11.5 Å². The van der Waals surface area contributed by atoms with Crippen molar-refractivity contribution in [2.24, 2.45) is 5.41 Å². The highest BCUT2D eigenvalue weighted by molar-refractivity contribution is 6.10. The van der Waals surface area contributed by atoms with Gasteiger partial charge in [0.15, 0.2) is 5.78 Å². The Kier molecular flexibility index (Phi) is 3.56. The predicted molar refractivity (Wildman–Crippen MR) is 96.4 cm³/mol. The van der Waals surface area contributed by atoms with Crippen molar-refractivity contribution in [3.8, 4) is 12.3 Å². The number of allylic oxidation sites excluding steroid dienone is 1. The van der Waals surface area contributed by atoms with E-state index in [1.807, 2.05) is 6.07 Å². The molecule has 4 heteroatoms. The van der Waals surface area contributed by atoms with Gasteiger partial charge in [-0.05, 0) is 56.6 Å². The van der Waals surface area contributed by atoms with E-state index < -0.39 is 5.60 Å². The molecule has 0 atom stereocenters. The van der Waals surface area contributed by atoms with E-state index in [4.69, 9.17) is 6.42 Å². The van der Waals surface area contributed by atoms with Crippen LogP contribution in [-0.4, -0.2) is 33.9 Å². The van der Waals surface area contributed by atoms with Gasteiger partial charge < -0.3 is 10.0 Å². The third-order valence-corrected chi connectivity index (χ3v) is 5.98. The third kappa shape index (κ3) is 2.77. The standard InChI is InChI=1S/C21H24N2O2/c1-4-15-17(24)11-14-13-22-18(20(2,3)25)12-16(14)19(15)23-9-7-21(5-6-21)8-10-23/h1,12-13,25H,5-11H2,2-3H3. The van der Waals surface area contributed by atoms with Crippen LogP contribution >= 0.6 is 0 Å². The van der Waals surface area contributed by atoms with Gasteiger partial charge in [0.05, 0.1) is 17.0 Å². The van der Waals surface area contributed by atoms with Crippen molar-refractivity contribution in [1.82, 2.24) is 9.88 Å². The molecule has 4 rings (SSSR count). The maximum absolute atomic E-state index is 12.6. The number of rotatable bonds is 2. The van der Waals surface area contributed by atoms with E-state index in [-0.39, 0.29) is 12.2 Å². The van der Waals surface area contributed by atoms with Crippen LogP contribution in [0.3, 0.4) is 0 Å². The number of pyridine rings is 1. The number of nitrogens with zero attached hydrogens (tertiary/aromatic N) is 2. The average Bonchev–Trinajstić information content (AvgIpc) is 3.32. The zero-order valence-electron chi connectivity index (χ0n) is 14.9. The summed E-state index contributed by atoms with van der Waals surface area (Å²) in [5.41, 5.74) is 3.35. The van der Waals surface area contributed by atoms with Gasteiger partial charge in [-0.25, -0.2) is 0 Å². The Hall–Kier alpha value is -2.12. The molecule has 0 aromatic carbocycles. The smallest absolute Gasteiger partial charge is 0.177 e. The van der Waals surface area contributed by atoms with Crippen LogP contribution in [0.5, 0.6) is 0 Å². The molecule has 4 nitrogen and oxygen atoms in total. The highest BCUT2D eigenvalue weighted by atomic mass is 16.3. The topological polar surface area (TPSA) is 53.4 Å². The molecule has 0 radical (unpaired) electrons. The van der Waals surface area contributed by atoms with Crippen molar-refractivity contribution in [3.63, 3.8) is 0 Å². The van der Waals surface area contributed by atoms with Gasteiger partial charge in [-0.1, -0.05) is 5.92 Å². The molecule has 0 amide bonds. The van der Waals surface area contributed by atoms with Crippen LogP contribution in [0.4, 0.5) is 0 Å². The van der Waals surface area contributed by atoms with E-state index in [0.29, 0.717) is 16.7 Å². The monoisotopic (exact) mass is 336 g/mol. The number of hydrogen-bond acceptors (Lipinski definition) is 4. The highest BCUT2D eigenvalue weighted by Crippen LogP contribution is 2.54. The lowest BCUT2D eigenvalue weighted by atomic mass is 9.85. The number of Topliss-reactive ketones (excluding diaryl/α,β-unsaturated/α-hetero) is 1. The number of piperidine rings is 1. The van der Waals surface area contributed by atoms with E-state index in [0.717, 1.165) is 29.9 Å². The molecule has 130 valence electrons. The first-order chi connectivity index (χ1) is 11.8. The summed E-state index contributed by atoms with van der Waals surface area (Å²) in [5, 5.41) is 10.3. The second kappa shape index (κ2) is 5.44. The fraction of sp³-hybridized carbons (Fsp3) is 0.524. The van der Waals surface area contributed by atoms with Gasteiger partial charge in [-0.15, -0.1) is 6.42 Å². The zero-order valence-corrected chi connectivity index (χ0v) is 14.9. The summed E-state index contributed by atoms with van der Waals surface area (Å²) in [6.07, 6.45) is 12.7. The average molecular weight is 336 g/mol. The van der Waals surface area contributed by atoms with E-state index in [1.54, 1.807) is 20.0 Å². The Labute approximate surface area is 148 Å². The van der Waals surface area contributed by atoms with Gasteiger partial charge >= 0.3 is 0 Å². The summed E-state index contributed by atoms with van der Waals surface area (Å²) < 4.78 is 0. The maximum atomic E-state index is 12.6. The van der Waals surface area contributed by atoms with Crippen molar-refractivity contribution in [3.05, 3.63) is 34.7 Å². The molecule has 2 fully saturated rings. The first kappa shape index (κ1) is 16.4. The van der Waals surface area contributed by atoms with E-state index >= 15 is 0 Å². The van der Waals surface area contributed by atoms with Crippen LogP contribution < -0.4 is 0 Å². The minimum atomic E-state index is -1.03. The number of hydrogen-bond donors (Lipinski definition) is 1. The number of fused-ring (bicyclic) bond motifs is 1. The normalized spacial score (nSPS) is 22.0. The second-order valence-corrected chi connectivity index (χ2v) is 8.24. The third-order valence-electron chi connectivity index (χ3n) is 5.98. The summed E-state index contributed by atoms with van der Waals surface area (Å²) in [6.45, 7) is 5.32. The number of ketones is 1. The highest BCUT2D eigenvalue weighted by Gasteiger charge is 2.45. The Morgan fingerprint density at radius 1 is 1.28 bits per heavy atom. The first-order valence-electron chi connectivity index (χ1n) is 9.04. The molecule has 1 aromatic rings. The van der Waals surface area contributed by atoms with Crippen molar-refractivity contribution in [2.45, 2.75) is 51.6 Å². The molecule has 0 unspecified atom stereocenters. The first-order valence-corrected chi connectivity index (χ1v) is 9.04. The summed E-state index contributed by atoms with van der Waals surface area (Å²) in [4.78, 5) is 19.2. The second-order valence-electron chi connectivity index (χ2n) is 8.24. The van der Waals surface area contributed by atoms with E-state index in [2.05, 4.69) is 15.8 Å².